The van der Waals surface area contributed by atoms with E-state index in [0.717, 1.165) is 38.0 Å². The van der Waals surface area contributed by atoms with Crippen LogP contribution in [0, 0.1) is 11.8 Å². The van der Waals surface area contributed by atoms with Gasteiger partial charge in [-0.3, -0.25) is 9.69 Å². The first-order valence-electron chi connectivity index (χ1n) is 7.75. The molecule has 2 fully saturated rings. The summed E-state index contributed by atoms with van der Waals surface area (Å²) in [4.78, 5) is 16.0. The Morgan fingerprint density at radius 1 is 1.16 bits per heavy atom. The Hall–Kier alpha value is -0.610. The lowest BCUT2D eigenvalue weighted by atomic mass is 9.83. The van der Waals surface area contributed by atoms with Crippen LogP contribution in [-0.4, -0.2) is 59.6 Å². The second-order valence-electron chi connectivity index (χ2n) is 6.43. The normalized spacial score (nSPS) is 31.2. The highest BCUT2D eigenvalue weighted by Crippen LogP contribution is 2.28. The summed E-state index contributed by atoms with van der Waals surface area (Å²) in [6.45, 7) is 8.58. The standard InChI is InChI=1S/C15H28N2O2/c1-12-3-5-14(6-4-12)11-16-7-9-17(10-8-16)15(19)13(2)18/h12-14,18H,3-11H2,1-2H3. The summed E-state index contributed by atoms with van der Waals surface area (Å²) in [7, 11) is 0. The number of carbonyl (C=O) groups is 1. The average Bonchev–Trinajstić information content (AvgIpc) is 2.41. The van der Waals surface area contributed by atoms with Crippen molar-refractivity contribution < 1.29 is 9.90 Å². The van der Waals surface area contributed by atoms with Crippen LogP contribution in [0.25, 0.3) is 0 Å². The van der Waals surface area contributed by atoms with Crippen LogP contribution in [0.5, 0.6) is 0 Å². The Morgan fingerprint density at radius 2 is 1.74 bits per heavy atom. The molecule has 0 aromatic carbocycles. The molecule has 1 atom stereocenters. The van der Waals surface area contributed by atoms with Crippen LogP contribution in [0.15, 0.2) is 0 Å². The predicted octanol–water partition coefficient (Wildman–Crippen LogP) is 1.34. The van der Waals surface area contributed by atoms with Crippen molar-refractivity contribution in [2.24, 2.45) is 11.8 Å². The van der Waals surface area contributed by atoms with E-state index in [1.165, 1.54) is 32.2 Å². The third-order valence-corrected chi connectivity index (χ3v) is 4.69. The maximum absolute atomic E-state index is 11.7. The second kappa shape index (κ2) is 6.71. The van der Waals surface area contributed by atoms with Crippen molar-refractivity contribution in [3.8, 4) is 0 Å². The SMILES string of the molecule is CC1CCC(CN2CCN(C(=O)C(C)O)CC2)CC1. The van der Waals surface area contributed by atoms with Gasteiger partial charge < -0.3 is 10.0 Å². The highest BCUT2D eigenvalue weighted by molar-refractivity contribution is 5.80. The smallest absolute Gasteiger partial charge is 0.251 e. The number of hydrogen-bond acceptors (Lipinski definition) is 3. The first-order chi connectivity index (χ1) is 9.06. The van der Waals surface area contributed by atoms with E-state index < -0.39 is 6.10 Å². The summed E-state index contributed by atoms with van der Waals surface area (Å²) < 4.78 is 0. The van der Waals surface area contributed by atoms with Crippen molar-refractivity contribution in [2.75, 3.05) is 32.7 Å². The Balaban J connectivity index is 1.70. The third-order valence-electron chi connectivity index (χ3n) is 4.69. The van der Waals surface area contributed by atoms with Gasteiger partial charge in [-0.1, -0.05) is 19.8 Å². The molecule has 0 aromatic heterocycles. The van der Waals surface area contributed by atoms with Crippen LogP contribution >= 0.6 is 0 Å². The second-order valence-corrected chi connectivity index (χ2v) is 6.43. The van der Waals surface area contributed by atoms with Crippen molar-refractivity contribution in [1.82, 2.24) is 9.80 Å². The molecule has 0 bridgehead atoms. The molecule has 1 unspecified atom stereocenters. The van der Waals surface area contributed by atoms with Crippen molar-refractivity contribution in [3.05, 3.63) is 0 Å². The minimum Gasteiger partial charge on any atom is -0.384 e. The minimum atomic E-state index is -0.855. The fraction of sp³-hybridized carbons (Fsp3) is 0.933. The number of rotatable bonds is 3. The molecule has 110 valence electrons. The van der Waals surface area contributed by atoms with E-state index in [-0.39, 0.29) is 5.91 Å². The number of amides is 1. The van der Waals surface area contributed by atoms with Crippen LogP contribution in [0.3, 0.4) is 0 Å². The summed E-state index contributed by atoms with van der Waals surface area (Å²) in [6, 6.07) is 0. The fourth-order valence-electron chi connectivity index (χ4n) is 3.29. The lowest BCUT2D eigenvalue weighted by Crippen LogP contribution is -2.51. The van der Waals surface area contributed by atoms with E-state index in [4.69, 9.17) is 0 Å². The van der Waals surface area contributed by atoms with Gasteiger partial charge in [0, 0.05) is 32.7 Å². The maximum Gasteiger partial charge on any atom is 0.251 e. The van der Waals surface area contributed by atoms with Crippen molar-refractivity contribution >= 4 is 5.91 Å². The predicted molar refractivity (Wildman–Crippen MR) is 75.8 cm³/mol. The molecule has 1 aliphatic carbocycles. The van der Waals surface area contributed by atoms with E-state index in [0.29, 0.717) is 0 Å². The summed E-state index contributed by atoms with van der Waals surface area (Å²) in [5, 5.41) is 9.32. The van der Waals surface area contributed by atoms with Crippen LogP contribution in [0.4, 0.5) is 0 Å². The van der Waals surface area contributed by atoms with Crippen molar-refractivity contribution in [3.63, 3.8) is 0 Å². The Morgan fingerprint density at radius 3 is 2.26 bits per heavy atom. The highest BCUT2D eigenvalue weighted by atomic mass is 16.3. The van der Waals surface area contributed by atoms with Gasteiger partial charge in [0.2, 0.25) is 0 Å². The third kappa shape index (κ3) is 4.18. The molecule has 4 nitrogen and oxygen atoms in total. The number of aliphatic hydroxyl groups is 1. The minimum absolute atomic E-state index is 0.119. The monoisotopic (exact) mass is 268 g/mol. The molecule has 1 amide bonds. The zero-order chi connectivity index (χ0) is 13.8. The molecule has 0 radical (unpaired) electrons. The molecule has 2 aliphatic rings. The number of hydrogen-bond donors (Lipinski definition) is 1. The first-order valence-corrected chi connectivity index (χ1v) is 7.75. The topological polar surface area (TPSA) is 43.8 Å². The molecule has 1 saturated heterocycles. The quantitative estimate of drug-likeness (QED) is 0.840. The number of carbonyl (C=O) groups excluding carboxylic acids is 1. The van der Waals surface area contributed by atoms with Gasteiger partial charge in [0.25, 0.3) is 5.91 Å². The van der Waals surface area contributed by atoms with Gasteiger partial charge in [-0.15, -0.1) is 0 Å². The maximum atomic E-state index is 11.7. The van der Waals surface area contributed by atoms with Gasteiger partial charge in [0.1, 0.15) is 6.10 Å². The Labute approximate surface area is 116 Å². The van der Waals surface area contributed by atoms with Gasteiger partial charge in [-0.2, -0.15) is 0 Å². The summed E-state index contributed by atoms with van der Waals surface area (Å²) in [6.07, 6.45) is 4.64. The zero-order valence-corrected chi connectivity index (χ0v) is 12.3. The molecular weight excluding hydrogens is 240 g/mol. The van der Waals surface area contributed by atoms with Gasteiger partial charge in [-0.05, 0) is 31.6 Å². The Bertz CT molecular complexity index is 291. The lowest BCUT2D eigenvalue weighted by Gasteiger charge is -2.38. The molecule has 4 heteroatoms. The van der Waals surface area contributed by atoms with Crippen LogP contribution < -0.4 is 0 Å². The van der Waals surface area contributed by atoms with E-state index in [1.807, 2.05) is 0 Å². The molecule has 1 heterocycles. The largest absolute Gasteiger partial charge is 0.384 e. The zero-order valence-electron chi connectivity index (χ0n) is 12.3. The molecule has 1 N–H and O–H groups in total. The number of nitrogens with zero attached hydrogens (tertiary/aromatic N) is 2. The van der Waals surface area contributed by atoms with Crippen LogP contribution in [0.1, 0.15) is 39.5 Å². The Kier molecular flexibility index (Phi) is 5.22. The average molecular weight is 268 g/mol. The van der Waals surface area contributed by atoms with Gasteiger partial charge in [0.15, 0.2) is 0 Å². The van der Waals surface area contributed by atoms with E-state index in [9.17, 15) is 9.90 Å². The molecule has 19 heavy (non-hydrogen) atoms. The molecule has 0 spiro atoms. The molecular formula is C15H28N2O2. The molecule has 2 rings (SSSR count). The first kappa shape index (κ1) is 14.8. The summed E-state index contributed by atoms with van der Waals surface area (Å²) >= 11 is 0. The van der Waals surface area contributed by atoms with Crippen LogP contribution in [-0.2, 0) is 4.79 Å². The fourth-order valence-corrected chi connectivity index (χ4v) is 3.29. The lowest BCUT2D eigenvalue weighted by molar-refractivity contribution is -0.141. The molecule has 1 aliphatic heterocycles. The van der Waals surface area contributed by atoms with Crippen molar-refractivity contribution in [1.29, 1.82) is 0 Å². The summed E-state index contributed by atoms with van der Waals surface area (Å²) in [5.41, 5.74) is 0. The molecule has 1 saturated carbocycles. The van der Waals surface area contributed by atoms with E-state index in [1.54, 1.807) is 11.8 Å². The van der Waals surface area contributed by atoms with Crippen molar-refractivity contribution in [2.45, 2.75) is 45.6 Å². The summed E-state index contributed by atoms with van der Waals surface area (Å²) in [5.74, 6) is 1.65. The van der Waals surface area contributed by atoms with Gasteiger partial charge in [0.05, 0.1) is 0 Å². The number of aliphatic hydroxyl groups excluding tert-OH is 1. The van der Waals surface area contributed by atoms with Gasteiger partial charge in [-0.25, -0.2) is 0 Å². The number of piperazine rings is 1. The van der Waals surface area contributed by atoms with E-state index >= 15 is 0 Å². The van der Waals surface area contributed by atoms with Crippen LogP contribution in [0.2, 0.25) is 0 Å². The van der Waals surface area contributed by atoms with E-state index in [2.05, 4.69) is 11.8 Å². The highest BCUT2D eigenvalue weighted by Gasteiger charge is 2.26. The van der Waals surface area contributed by atoms with Gasteiger partial charge >= 0.3 is 0 Å². The molecule has 0 aromatic rings.